The molecule has 1 heterocycles. The van der Waals surface area contributed by atoms with Gasteiger partial charge in [-0.05, 0) is 62.2 Å². The molecule has 29 heavy (non-hydrogen) atoms. The number of ether oxygens (including phenoxy) is 1. The fourth-order valence-corrected chi connectivity index (χ4v) is 4.08. The number of anilines is 1. The molecule has 1 fully saturated rings. The minimum absolute atomic E-state index is 0.0303. The average Bonchev–Trinajstić information content (AvgIpc) is 3.00. The third kappa shape index (κ3) is 3.75. The van der Waals surface area contributed by atoms with Gasteiger partial charge in [-0.3, -0.25) is 19.3 Å². The van der Waals surface area contributed by atoms with E-state index in [-0.39, 0.29) is 23.8 Å². The minimum Gasteiger partial charge on any atom is -0.494 e. The molecule has 2 aromatic rings. The Morgan fingerprint density at radius 1 is 1.00 bits per heavy atom. The Balaban J connectivity index is 1.51. The summed E-state index contributed by atoms with van der Waals surface area (Å²) in [6.45, 7) is 2.48. The Bertz CT molecular complexity index is 946. The zero-order chi connectivity index (χ0) is 20.4. The molecule has 0 bridgehead atoms. The van der Waals surface area contributed by atoms with Gasteiger partial charge in [-0.2, -0.15) is 0 Å². The summed E-state index contributed by atoms with van der Waals surface area (Å²) in [6.07, 6.45) is 4.93. The molecule has 1 saturated carbocycles. The maximum atomic E-state index is 12.9. The predicted octanol–water partition coefficient (Wildman–Crippen LogP) is 4.27. The van der Waals surface area contributed by atoms with E-state index in [1.165, 1.54) is 11.0 Å². The van der Waals surface area contributed by atoms with Crippen LogP contribution in [-0.2, 0) is 0 Å². The number of rotatable bonds is 5. The van der Waals surface area contributed by atoms with Crippen LogP contribution in [0.4, 0.5) is 5.69 Å². The van der Waals surface area contributed by atoms with Crippen LogP contribution in [0.5, 0.6) is 5.75 Å². The summed E-state index contributed by atoms with van der Waals surface area (Å²) < 4.78 is 5.40. The van der Waals surface area contributed by atoms with Crippen LogP contribution < -0.4 is 10.1 Å². The molecule has 6 nitrogen and oxygen atoms in total. The highest BCUT2D eigenvalue weighted by Gasteiger charge is 2.40. The molecular formula is C23H24N2O4. The largest absolute Gasteiger partial charge is 0.494 e. The molecule has 0 spiro atoms. The summed E-state index contributed by atoms with van der Waals surface area (Å²) in [7, 11) is 0. The van der Waals surface area contributed by atoms with E-state index in [4.69, 9.17) is 4.74 Å². The molecule has 2 aliphatic rings. The third-order valence-electron chi connectivity index (χ3n) is 5.54. The Morgan fingerprint density at radius 2 is 1.69 bits per heavy atom. The van der Waals surface area contributed by atoms with Crippen molar-refractivity contribution in [1.82, 2.24) is 4.90 Å². The van der Waals surface area contributed by atoms with E-state index >= 15 is 0 Å². The zero-order valence-corrected chi connectivity index (χ0v) is 16.4. The number of nitrogens with zero attached hydrogens (tertiary/aromatic N) is 1. The molecule has 0 radical (unpaired) electrons. The highest BCUT2D eigenvalue weighted by molar-refractivity contribution is 6.22. The van der Waals surface area contributed by atoms with Crippen LogP contribution in [0.15, 0.2) is 42.5 Å². The Kier molecular flexibility index (Phi) is 5.34. The van der Waals surface area contributed by atoms with E-state index in [0.717, 1.165) is 37.9 Å². The van der Waals surface area contributed by atoms with Crippen molar-refractivity contribution < 1.29 is 19.1 Å². The molecule has 0 saturated heterocycles. The van der Waals surface area contributed by atoms with Crippen LogP contribution in [0.3, 0.4) is 0 Å². The number of imide groups is 1. The maximum Gasteiger partial charge on any atom is 0.261 e. The summed E-state index contributed by atoms with van der Waals surface area (Å²) >= 11 is 0. The lowest BCUT2D eigenvalue weighted by Crippen LogP contribution is -2.40. The van der Waals surface area contributed by atoms with Crippen molar-refractivity contribution >= 4 is 23.4 Å². The number of benzene rings is 2. The fraction of sp³-hybridized carbons (Fsp3) is 0.348. The van der Waals surface area contributed by atoms with Gasteiger partial charge in [0.25, 0.3) is 17.7 Å². The van der Waals surface area contributed by atoms with Gasteiger partial charge >= 0.3 is 0 Å². The lowest BCUT2D eigenvalue weighted by Gasteiger charge is -2.29. The van der Waals surface area contributed by atoms with Crippen LogP contribution in [0, 0.1) is 0 Å². The van der Waals surface area contributed by atoms with Crippen LogP contribution in [0.1, 0.15) is 70.1 Å². The molecule has 1 aliphatic heterocycles. The van der Waals surface area contributed by atoms with Crippen molar-refractivity contribution in [3.8, 4) is 5.75 Å². The summed E-state index contributed by atoms with van der Waals surface area (Å²) in [5.74, 6) is -0.119. The second kappa shape index (κ2) is 8.07. The number of nitrogens with one attached hydrogen (secondary N) is 1. The number of carbonyl (C=O) groups is 3. The van der Waals surface area contributed by atoms with E-state index in [0.29, 0.717) is 29.0 Å². The quantitative estimate of drug-likeness (QED) is 0.771. The summed E-state index contributed by atoms with van der Waals surface area (Å²) in [5, 5.41) is 2.82. The van der Waals surface area contributed by atoms with Crippen molar-refractivity contribution in [1.29, 1.82) is 0 Å². The number of fused-ring (bicyclic) bond motifs is 1. The van der Waals surface area contributed by atoms with Gasteiger partial charge in [0, 0.05) is 17.3 Å². The molecule has 1 N–H and O–H groups in total. The molecule has 3 amide bonds. The van der Waals surface area contributed by atoms with Crippen LogP contribution >= 0.6 is 0 Å². The number of hydrogen-bond acceptors (Lipinski definition) is 4. The molecule has 0 unspecified atom stereocenters. The summed E-state index contributed by atoms with van der Waals surface area (Å²) in [4.78, 5) is 39.7. The van der Waals surface area contributed by atoms with E-state index in [2.05, 4.69) is 5.32 Å². The third-order valence-corrected chi connectivity index (χ3v) is 5.54. The molecule has 1 aliphatic carbocycles. The van der Waals surface area contributed by atoms with Gasteiger partial charge in [0.1, 0.15) is 5.75 Å². The zero-order valence-electron chi connectivity index (χ0n) is 16.4. The van der Waals surface area contributed by atoms with Crippen molar-refractivity contribution in [2.45, 2.75) is 45.1 Å². The van der Waals surface area contributed by atoms with Crippen molar-refractivity contribution in [3.05, 3.63) is 59.2 Å². The first-order valence-corrected chi connectivity index (χ1v) is 10.1. The standard InChI is InChI=1S/C23H24N2O4/c1-2-29-18-11-9-16(10-12-18)24-21(26)15-8-13-19-20(14-15)23(28)25(22(19)27)17-6-4-3-5-7-17/h8-14,17H,2-7H2,1H3,(H,24,26). The van der Waals surface area contributed by atoms with Gasteiger partial charge in [-0.1, -0.05) is 19.3 Å². The van der Waals surface area contributed by atoms with Crippen molar-refractivity contribution in [2.75, 3.05) is 11.9 Å². The van der Waals surface area contributed by atoms with Gasteiger partial charge in [0.15, 0.2) is 0 Å². The normalized spacial score (nSPS) is 16.7. The average molecular weight is 392 g/mol. The SMILES string of the molecule is CCOc1ccc(NC(=O)c2ccc3c(c2)C(=O)N(C2CCCCC2)C3=O)cc1. The summed E-state index contributed by atoms with van der Waals surface area (Å²) in [5.41, 5.74) is 1.69. The van der Waals surface area contributed by atoms with E-state index in [9.17, 15) is 14.4 Å². The van der Waals surface area contributed by atoms with Crippen molar-refractivity contribution in [3.63, 3.8) is 0 Å². The van der Waals surface area contributed by atoms with Gasteiger partial charge < -0.3 is 10.1 Å². The van der Waals surface area contributed by atoms with E-state index in [1.54, 1.807) is 36.4 Å². The second-order valence-electron chi connectivity index (χ2n) is 7.44. The van der Waals surface area contributed by atoms with E-state index in [1.807, 2.05) is 6.92 Å². The number of amides is 3. The van der Waals surface area contributed by atoms with E-state index < -0.39 is 0 Å². The first-order chi connectivity index (χ1) is 14.1. The maximum absolute atomic E-state index is 12.9. The topological polar surface area (TPSA) is 75.7 Å². The van der Waals surface area contributed by atoms with Gasteiger partial charge in [-0.25, -0.2) is 0 Å². The molecule has 4 rings (SSSR count). The van der Waals surface area contributed by atoms with Gasteiger partial charge in [0.05, 0.1) is 17.7 Å². The van der Waals surface area contributed by atoms with Crippen LogP contribution in [0.2, 0.25) is 0 Å². The first-order valence-electron chi connectivity index (χ1n) is 10.1. The fourth-order valence-electron chi connectivity index (χ4n) is 4.08. The lowest BCUT2D eigenvalue weighted by molar-refractivity contribution is 0.0549. The highest BCUT2D eigenvalue weighted by atomic mass is 16.5. The Hall–Kier alpha value is -3.15. The Morgan fingerprint density at radius 3 is 2.38 bits per heavy atom. The number of hydrogen-bond donors (Lipinski definition) is 1. The monoisotopic (exact) mass is 392 g/mol. The molecule has 150 valence electrons. The van der Waals surface area contributed by atoms with Crippen molar-refractivity contribution in [2.24, 2.45) is 0 Å². The second-order valence-corrected chi connectivity index (χ2v) is 7.44. The van der Waals surface area contributed by atoms with Crippen LogP contribution in [-0.4, -0.2) is 35.3 Å². The molecule has 0 atom stereocenters. The highest BCUT2D eigenvalue weighted by Crippen LogP contribution is 2.31. The van der Waals surface area contributed by atoms with Crippen LogP contribution in [0.25, 0.3) is 0 Å². The molecule has 0 aromatic heterocycles. The number of carbonyl (C=O) groups excluding carboxylic acids is 3. The summed E-state index contributed by atoms with van der Waals surface area (Å²) in [6, 6.07) is 11.8. The Labute approximate surface area is 169 Å². The smallest absolute Gasteiger partial charge is 0.261 e. The first kappa shape index (κ1) is 19.2. The molecule has 6 heteroatoms. The molecular weight excluding hydrogens is 368 g/mol. The van der Waals surface area contributed by atoms with Gasteiger partial charge in [-0.15, -0.1) is 0 Å². The predicted molar refractivity (Wildman–Crippen MR) is 109 cm³/mol. The minimum atomic E-state index is -0.326. The van der Waals surface area contributed by atoms with Gasteiger partial charge in [0.2, 0.25) is 0 Å². The lowest BCUT2D eigenvalue weighted by atomic mass is 9.94. The molecule has 2 aromatic carbocycles.